The summed E-state index contributed by atoms with van der Waals surface area (Å²) in [5.41, 5.74) is 0.679. The Morgan fingerprint density at radius 3 is 2.31 bits per heavy atom. The SMILES string of the molecule is Cc1ccc(COc2ccc(C(F)(F)F)cc2N(CC(C)C)S(=O)(=O)c2ccco2)cc1. The molecule has 5 nitrogen and oxygen atoms in total. The van der Waals surface area contributed by atoms with Crippen molar-refractivity contribution in [1.82, 2.24) is 0 Å². The molecule has 0 aliphatic carbocycles. The van der Waals surface area contributed by atoms with Gasteiger partial charge in [-0.3, -0.25) is 4.31 Å². The summed E-state index contributed by atoms with van der Waals surface area (Å²) < 4.78 is 78.7. The second-order valence-corrected chi connectivity index (χ2v) is 9.61. The number of alkyl halides is 3. The van der Waals surface area contributed by atoms with Crippen LogP contribution in [0.3, 0.4) is 0 Å². The zero-order valence-corrected chi connectivity index (χ0v) is 18.7. The van der Waals surface area contributed by atoms with Crippen LogP contribution in [-0.2, 0) is 22.8 Å². The van der Waals surface area contributed by atoms with Crippen molar-refractivity contribution in [3.8, 4) is 5.75 Å². The first kappa shape index (κ1) is 23.7. The van der Waals surface area contributed by atoms with Crippen molar-refractivity contribution in [3.63, 3.8) is 0 Å². The van der Waals surface area contributed by atoms with E-state index in [1.807, 2.05) is 31.2 Å². The summed E-state index contributed by atoms with van der Waals surface area (Å²) in [6.07, 6.45) is -3.45. The third-order valence-electron chi connectivity index (χ3n) is 4.64. The smallest absolute Gasteiger partial charge is 0.416 e. The number of hydrogen-bond acceptors (Lipinski definition) is 4. The van der Waals surface area contributed by atoms with Gasteiger partial charge in [-0.25, -0.2) is 0 Å². The summed E-state index contributed by atoms with van der Waals surface area (Å²) in [4.78, 5) is 0. The number of ether oxygens (including phenoxy) is 1. The molecule has 32 heavy (non-hydrogen) atoms. The molecule has 0 radical (unpaired) electrons. The average molecular weight is 468 g/mol. The fraction of sp³-hybridized carbons (Fsp3) is 0.304. The van der Waals surface area contributed by atoms with Gasteiger partial charge in [0, 0.05) is 6.54 Å². The van der Waals surface area contributed by atoms with Crippen LogP contribution in [0.2, 0.25) is 0 Å². The van der Waals surface area contributed by atoms with Gasteiger partial charge in [-0.2, -0.15) is 21.6 Å². The van der Waals surface area contributed by atoms with Crippen LogP contribution in [0, 0.1) is 12.8 Å². The van der Waals surface area contributed by atoms with E-state index in [-0.39, 0.29) is 35.6 Å². The molecule has 0 atom stereocenters. The molecule has 1 aromatic heterocycles. The van der Waals surface area contributed by atoms with Crippen LogP contribution in [0.25, 0.3) is 0 Å². The fourth-order valence-corrected chi connectivity index (χ4v) is 4.57. The molecule has 3 rings (SSSR count). The van der Waals surface area contributed by atoms with Crippen molar-refractivity contribution in [2.45, 2.75) is 38.6 Å². The summed E-state index contributed by atoms with van der Waals surface area (Å²) >= 11 is 0. The number of halogens is 3. The second kappa shape index (κ2) is 9.28. The van der Waals surface area contributed by atoms with Crippen molar-refractivity contribution < 1.29 is 30.7 Å². The highest BCUT2D eigenvalue weighted by molar-refractivity contribution is 7.92. The summed E-state index contributed by atoms with van der Waals surface area (Å²) in [5.74, 6) is -0.159. The number of furan rings is 1. The molecular formula is C23H24F3NO4S. The van der Waals surface area contributed by atoms with Crippen LogP contribution in [0.5, 0.6) is 5.75 Å². The minimum absolute atomic E-state index is 0.0226. The lowest BCUT2D eigenvalue weighted by molar-refractivity contribution is -0.137. The highest BCUT2D eigenvalue weighted by Crippen LogP contribution is 2.39. The van der Waals surface area contributed by atoms with Crippen LogP contribution in [0.1, 0.15) is 30.5 Å². The zero-order chi connectivity index (χ0) is 23.5. The number of rotatable bonds is 8. The Morgan fingerprint density at radius 1 is 1.06 bits per heavy atom. The molecule has 0 amide bonds. The predicted molar refractivity (Wildman–Crippen MR) is 115 cm³/mol. The number of nitrogens with zero attached hydrogens (tertiary/aromatic N) is 1. The first-order valence-corrected chi connectivity index (χ1v) is 11.4. The first-order chi connectivity index (χ1) is 15.0. The third kappa shape index (κ3) is 5.45. The van der Waals surface area contributed by atoms with E-state index < -0.39 is 21.8 Å². The van der Waals surface area contributed by atoms with Crippen molar-refractivity contribution in [2.75, 3.05) is 10.8 Å². The van der Waals surface area contributed by atoms with Gasteiger partial charge < -0.3 is 9.15 Å². The van der Waals surface area contributed by atoms with Gasteiger partial charge >= 0.3 is 6.18 Å². The van der Waals surface area contributed by atoms with Crippen molar-refractivity contribution in [3.05, 3.63) is 77.6 Å². The highest BCUT2D eigenvalue weighted by atomic mass is 32.2. The monoisotopic (exact) mass is 467 g/mol. The summed E-state index contributed by atoms with van der Waals surface area (Å²) in [6, 6.07) is 12.9. The van der Waals surface area contributed by atoms with E-state index >= 15 is 0 Å². The maximum Gasteiger partial charge on any atom is 0.416 e. The van der Waals surface area contributed by atoms with E-state index in [0.717, 1.165) is 33.6 Å². The molecule has 0 bridgehead atoms. The zero-order valence-electron chi connectivity index (χ0n) is 17.9. The van der Waals surface area contributed by atoms with E-state index in [0.29, 0.717) is 0 Å². The first-order valence-electron chi connectivity index (χ1n) is 9.94. The molecular weight excluding hydrogens is 443 g/mol. The molecule has 3 aromatic rings. The van der Waals surface area contributed by atoms with E-state index in [1.54, 1.807) is 13.8 Å². The molecule has 1 heterocycles. The molecule has 0 aliphatic rings. The second-order valence-electron chi connectivity index (χ2n) is 7.82. The van der Waals surface area contributed by atoms with E-state index in [4.69, 9.17) is 9.15 Å². The van der Waals surface area contributed by atoms with Crippen molar-refractivity contribution in [2.24, 2.45) is 5.92 Å². The van der Waals surface area contributed by atoms with Gasteiger partial charge in [-0.15, -0.1) is 0 Å². The van der Waals surface area contributed by atoms with Crippen LogP contribution in [-0.4, -0.2) is 15.0 Å². The molecule has 2 aromatic carbocycles. The van der Waals surface area contributed by atoms with Crippen LogP contribution in [0.15, 0.2) is 70.4 Å². The topological polar surface area (TPSA) is 59.8 Å². The van der Waals surface area contributed by atoms with E-state index in [9.17, 15) is 21.6 Å². The number of aryl methyl sites for hydroxylation is 1. The lowest BCUT2D eigenvalue weighted by Crippen LogP contribution is -2.34. The standard InChI is InChI=1S/C23H24F3NO4S/c1-16(2)14-27(32(28,29)22-5-4-12-30-22)20-13-19(23(24,25)26)10-11-21(20)31-15-18-8-6-17(3)7-9-18/h4-13,16H,14-15H2,1-3H3. The number of hydrogen-bond donors (Lipinski definition) is 0. The van der Waals surface area contributed by atoms with E-state index in [1.165, 1.54) is 18.4 Å². The fourth-order valence-electron chi connectivity index (χ4n) is 3.03. The lowest BCUT2D eigenvalue weighted by Gasteiger charge is -2.27. The van der Waals surface area contributed by atoms with Gasteiger partial charge in [0.2, 0.25) is 5.09 Å². The molecule has 0 N–H and O–H groups in total. The van der Waals surface area contributed by atoms with Crippen LogP contribution >= 0.6 is 0 Å². The molecule has 0 saturated carbocycles. The van der Waals surface area contributed by atoms with Gasteiger partial charge in [0.1, 0.15) is 12.4 Å². The van der Waals surface area contributed by atoms with Gasteiger partial charge in [-0.1, -0.05) is 43.7 Å². The molecule has 0 fully saturated rings. The lowest BCUT2D eigenvalue weighted by atomic mass is 10.1. The maximum absolute atomic E-state index is 13.5. The summed E-state index contributed by atoms with van der Waals surface area (Å²) in [7, 11) is -4.26. The molecule has 0 saturated heterocycles. The number of benzene rings is 2. The Bertz CT molecular complexity index is 1140. The Hall–Kier alpha value is -2.94. The van der Waals surface area contributed by atoms with Gasteiger partial charge in [0.15, 0.2) is 0 Å². The number of anilines is 1. The van der Waals surface area contributed by atoms with Gasteiger partial charge in [0.25, 0.3) is 10.0 Å². The Balaban J connectivity index is 2.08. The van der Waals surface area contributed by atoms with Gasteiger partial charge in [0.05, 0.1) is 17.5 Å². The average Bonchev–Trinajstić information content (AvgIpc) is 3.26. The van der Waals surface area contributed by atoms with E-state index in [2.05, 4.69) is 0 Å². The Morgan fingerprint density at radius 2 is 1.75 bits per heavy atom. The minimum atomic E-state index is -4.65. The third-order valence-corrected chi connectivity index (χ3v) is 6.31. The molecule has 172 valence electrons. The summed E-state index contributed by atoms with van der Waals surface area (Å²) in [5, 5.41) is -0.361. The molecule has 9 heteroatoms. The van der Waals surface area contributed by atoms with Crippen molar-refractivity contribution >= 4 is 15.7 Å². The number of sulfonamides is 1. The normalized spacial score (nSPS) is 12.2. The minimum Gasteiger partial charge on any atom is -0.487 e. The van der Waals surface area contributed by atoms with Crippen molar-refractivity contribution in [1.29, 1.82) is 0 Å². The van der Waals surface area contributed by atoms with Gasteiger partial charge in [-0.05, 0) is 48.7 Å². The quantitative estimate of drug-likeness (QED) is 0.405. The molecule has 0 spiro atoms. The molecule has 0 aliphatic heterocycles. The largest absolute Gasteiger partial charge is 0.487 e. The van der Waals surface area contributed by atoms with Crippen LogP contribution in [0.4, 0.5) is 18.9 Å². The Kier molecular flexibility index (Phi) is 6.88. The maximum atomic E-state index is 13.5. The highest BCUT2D eigenvalue weighted by Gasteiger charge is 2.35. The molecule has 0 unspecified atom stereocenters. The summed E-state index contributed by atoms with van der Waals surface area (Å²) in [6.45, 7) is 5.47. The predicted octanol–water partition coefficient (Wildman–Crippen LogP) is 6.04. The Labute approximate surface area is 185 Å². The van der Waals surface area contributed by atoms with Crippen LogP contribution < -0.4 is 9.04 Å².